The van der Waals surface area contributed by atoms with Gasteiger partial charge in [-0.25, -0.2) is 8.42 Å². The molecule has 0 unspecified atom stereocenters. The maximum atomic E-state index is 13.6. The van der Waals surface area contributed by atoms with E-state index in [9.17, 15) is 13.2 Å². The van der Waals surface area contributed by atoms with E-state index in [1.165, 1.54) is 4.31 Å². The van der Waals surface area contributed by atoms with Crippen LogP contribution in [0.15, 0.2) is 41.3 Å². The minimum Gasteiger partial charge on any atom is -0.493 e. The highest BCUT2D eigenvalue weighted by Crippen LogP contribution is 2.30. The van der Waals surface area contributed by atoms with E-state index < -0.39 is 10.0 Å². The van der Waals surface area contributed by atoms with Crippen molar-refractivity contribution in [3.05, 3.63) is 53.3 Å². The number of aromatic amines is 1. The van der Waals surface area contributed by atoms with Gasteiger partial charge in [0.1, 0.15) is 10.6 Å². The Morgan fingerprint density at radius 1 is 1.09 bits per heavy atom. The van der Waals surface area contributed by atoms with Gasteiger partial charge in [0.2, 0.25) is 10.0 Å². The molecule has 170 valence electrons. The molecule has 0 saturated carbocycles. The van der Waals surface area contributed by atoms with Gasteiger partial charge in [0.25, 0.3) is 5.91 Å². The Bertz CT molecular complexity index is 1230. The molecule has 0 aliphatic carbocycles. The molecule has 2 aromatic carbocycles. The molecule has 32 heavy (non-hydrogen) atoms. The topological polar surface area (TPSA) is 95.6 Å². The molecule has 0 atom stereocenters. The second-order valence-corrected chi connectivity index (χ2v) is 9.78. The highest BCUT2D eigenvalue weighted by Gasteiger charge is 2.32. The molecule has 1 aliphatic heterocycles. The molecule has 1 saturated heterocycles. The lowest BCUT2D eigenvalue weighted by molar-refractivity contribution is 0.0762. The number of aromatic nitrogens is 2. The second kappa shape index (κ2) is 8.91. The van der Waals surface area contributed by atoms with Crippen molar-refractivity contribution in [3.8, 4) is 5.75 Å². The zero-order chi connectivity index (χ0) is 22.9. The molecule has 4 rings (SSSR count). The van der Waals surface area contributed by atoms with Crippen LogP contribution in [0.2, 0.25) is 0 Å². The molecule has 0 spiro atoms. The molecule has 3 aromatic rings. The Balaban J connectivity index is 1.62. The lowest BCUT2D eigenvalue weighted by Crippen LogP contribution is -2.37. The first-order valence-corrected chi connectivity index (χ1v) is 12.2. The Labute approximate surface area is 188 Å². The molecule has 0 bridgehead atoms. The first-order chi connectivity index (χ1) is 15.3. The van der Waals surface area contributed by atoms with Gasteiger partial charge in [-0.3, -0.25) is 9.89 Å². The van der Waals surface area contributed by atoms with Gasteiger partial charge >= 0.3 is 0 Å². The van der Waals surface area contributed by atoms with Gasteiger partial charge in [-0.1, -0.05) is 30.3 Å². The molecule has 9 heteroatoms. The van der Waals surface area contributed by atoms with E-state index in [1.807, 2.05) is 43.3 Å². The van der Waals surface area contributed by atoms with E-state index in [2.05, 4.69) is 10.2 Å². The lowest BCUT2D eigenvalue weighted by atomic mass is 10.0. The zero-order valence-corrected chi connectivity index (χ0v) is 19.4. The fourth-order valence-electron chi connectivity index (χ4n) is 4.29. The number of hydrogen-bond acceptors (Lipinski definition) is 5. The van der Waals surface area contributed by atoms with Crippen molar-refractivity contribution in [3.63, 3.8) is 0 Å². The maximum Gasteiger partial charge on any atom is 0.258 e. The zero-order valence-electron chi connectivity index (χ0n) is 18.6. The van der Waals surface area contributed by atoms with Crippen LogP contribution < -0.4 is 4.74 Å². The molecule has 0 radical (unpaired) electrons. The van der Waals surface area contributed by atoms with Crippen LogP contribution in [-0.2, 0) is 10.0 Å². The van der Waals surface area contributed by atoms with Gasteiger partial charge in [-0.2, -0.15) is 9.40 Å². The van der Waals surface area contributed by atoms with E-state index in [-0.39, 0.29) is 17.3 Å². The summed E-state index contributed by atoms with van der Waals surface area (Å²) in [6.07, 6.45) is 0.551. The number of H-pyrrole nitrogens is 1. The van der Waals surface area contributed by atoms with Gasteiger partial charge in [0.15, 0.2) is 0 Å². The Morgan fingerprint density at radius 2 is 1.88 bits per heavy atom. The maximum absolute atomic E-state index is 13.6. The summed E-state index contributed by atoms with van der Waals surface area (Å²) in [5.74, 6) is 0.412. The van der Waals surface area contributed by atoms with E-state index in [0.717, 1.165) is 10.8 Å². The summed E-state index contributed by atoms with van der Waals surface area (Å²) in [5, 5.41) is 8.57. The molecule has 2 heterocycles. The molecule has 1 aliphatic rings. The van der Waals surface area contributed by atoms with Crippen LogP contribution >= 0.6 is 0 Å². The van der Waals surface area contributed by atoms with Crippen molar-refractivity contribution in [1.29, 1.82) is 0 Å². The minimum atomic E-state index is -3.69. The van der Waals surface area contributed by atoms with Crippen molar-refractivity contribution >= 4 is 26.7 Å². The van der Waals surface area contributed by atoms with Crippen LogP contribution in [0.4, 0.5) is 0 Å². The number of carbonyl (C=O) groups is 1. The Morgan fingerprint density at radius 3 is 2.59 bits per heavy atom. The van der Waals surface area contributed by atoms with Crippen LogP contribution in [0, 0.1) is 13.8 Å². The number of nitrogens with one attached hydrogen (secondary N) is 1. The van der Waals surface area contributed by atoms with Crippen molar-refractivity contribution in [2.24, 2.45) is 0 Å². The van der Waals surface area contributed by atoms with Crippen molar-refractivity contribution in [2.45, 2.75) is 32.1 Å². The highest BCUT2D eigenvalue weighted by atomic mass is 32.2. The van der Waals surface area contributed by atoms with Crippen LogP contribution in [-0.4, -0.2) is 66.5 Å². The number of ether oxygens (including phenoxy) is 1. The highest BCUT2D eigenvalue weighted by molar-refractivity contribution is 7.89. The lowest BCUT2D eigenvalue weighted by Gasteiger charge is -2.23. The van der Waals surface area contributed by atoms with Gasteiger partial charge in [-0.15, -0.1) is 0 Å². The smallest absolute Gasteiger partial charge is 0.258 e. The van der Waals surface area contributed by atoms with Crippen molar-refractivity contribution < 1.29 is 17.9 Å². The number of carbonyl (C=O) groups excluding carboxylic acids is 1. The largest absolute Gasteiger partial charge is 0.493 e. The fourth-order valence-corrected chi connectivity index (χ4v) is 6.09. The normalized spacial score (nSPS) is 15.7. The molecule has 1 fully saturated rings. The van der Waals surface area contributed by atoms with E-state index in [0.29, 0.717) is 55.4 Å². The van der Waals surface area contributed by atoms with Gasteiger partial charge in [0, 0.05) is 26.2 Å². The Hall–Kier alpha value is -2.91. The monoisotopic (exact) mass is 456 g/mol. The van der Waals surface area contributed by atoms with Gasteiger partial charge in [-0.05, 0) is 44.0 Å². The number of benzene rings is 2. The van der Waals surface area contributed by atoms with Gasteiger partial charge < -0.3 is 9.64 Å². The van der Waals surface area contributed by atoms with Crippen LogP contribution in [0.1, 0.15) is 35.1 Å². The molecular formula is C23H28N4O4S. The van der Waals surface area contributed by atoms with Crippen molar-refractivity contribution in [1.82, 2.24) is 19.4 Å². The van der Waals surface area contributed by atoms with Crippen LogP contribution in [0.5, 0.6) is 5.75 Å². The van der Waals surface area contributed by atoms with E-state index >= 15 is 0 Å². The average molecular weight is 457 g/mol. The number of aryl methyl sites for hydroxylation is 2. The van der Waals surface area contributed by atoms with Crippen molar-refractivity contribution in [2.75, 3.05) is 32.8 Å². The number of hydrogen-bond donors (Lipinski definition) is 1. The first kappa shape index (κ1) is 22.3. The van der Waals surface area contributed by atoms with Crippen LogP contribution in [0.25, 0.3) is 10.8 Å². The summed E-state index contributed by atoms with van der Waals surface area (Å²) < 4.78 is 33.7. The third-order valence-corrected chi connectivity index (χ3v) is 7.97. The standard InChI is InChI=1S/C23H28N4O4S/c1-4-31-20-11-10-18-8-5-6-9-19(18)21(20)23(28)26-12-7-13-27(15-14-26)32(29,30)22-16(2)24-25-17(22)3/h5-6,8-11H,4,7,12-15H2,1-3H3,(H,24,25). The summed E-state index contributed by atoms with van der Waals surface area (Å²) >= 11 is 0. The molecule has 1 amide bonds. The SMILES string of the molecule is CCOc1ccc2ccccc2c1C(=O)N1CCCN(S(=O)(=O)c2c(C)n[nH]c2C)CC1. The summed E-state index contributed by atoms with van der Waals surface area (Å²) in [5.41, 5.74) is 1.51. The van der Waals surface area contributed by atoms with E-state index in [1.54, 1.807) is 18.7 Å². The predicted molar refractivity (Wildman–Crippen MR) is 122 cm³/mol. The number of sulfonamides is 1. The number of nitrogens with zero attached hydrogens (tertiary/aromatic N) is 3. The summed E-state index contributed by atoms with van der Waals surface area (Å²) in [6.45, 7) is 7.09. The summed E-state index contributed by atoms with van der Waals surface area (Å²) in [7, 11) is -3.69. The number of rotatable bonds is 5. The molecule has 1 N–H and O–H groups in total. The fraction of sp³-hybridized carbons (Fsp3) is 0.391. The third-order valence-electron chi connectivity index (χ3n) is 5.80. The first-order valence-electron chi connectivity index (χ1n) is 10.8. The Kier molecular flexibility index (Phi) is 6.21. The summed E-state index contributed by atoms with van der Waals surface area (Å²) in [6, 6.07) is 11.5. The second-order valence-electron chi connectivity index (χ2n) is 7.91. The molecule has 8 nitrogen and oxygen atoms in total. The number of amides is 1. The quantitative estimate of drug-likeness (QED) is 0.636. The number of fused-ring (bicyclic) bond motifs is 1. The van der Waals surface area contributed by atoms with Gasteiger partial charge in [0.05, 0.1) is 23.6 Å². The third kappa shape index (κ3) is 3.98. The predicted octanol–water partition coefficient (Wildman–Crippen LogP) is 3.12. The average Bonchev–Trinajstić information content (AvgIpc) is 2.97. The minimum absolute atomic E-state index is 0.139. The molecule has 1 aromatic heterocycles. The molecular weight excluding hydrogens is 428 g/mol. The van der Waals surface area contributed by atoms with Crippen LogP contribution in [0.3, 0.4) is 0 Å². The summed E-state index contributed by atoms with van der Waals surface area (Å²) in [4.78, 5) is 15.6. The van der Waals surface area contributed by atoms with E-state index in [4.69, 9.17) is 4.74 Å².